The highest BCUT2D eigenvalue weighted by Gasteiger charge is 2.10. The molecule has 1 heterocycles. The van der Waals surface area contributed by atoms with Gasteiger partial charge in [0.15, 0.2) is 5.76 Å². The summed E-state index contributed by atoms with van der Waals surface area (Å²) in [6, 6.07) is 9.84. The topological polar surface area (TPSA) is 55.1 Å². The average molecular weight is 272 g/mol. The summed E-state index contributed by atoms with van der Waals surface area (Å²) in [4.78, 5) is 11.7. The summed E-state index contributed by atoms with van der Waals surface area (Å²) in [6.45, 7) is 4.85. The quantitative estimate of drug-likeness (QED) is 0.822. The van der Waals surface area contributed by atoms with Crippen LogP contribution in [0.2, 0.25) is 0 Å². The molecular formula is C16H20N2O2. The van der Waals surface area contributed by atoms with Crippen molar-refractivity contribution in [2.24, 2.45) is 0 Å². The third-order valence-electron chi connectivity index (χ3n) is 3.09. The molecule has 0 spiro atoms. The lowest BCUT2D eigenvalue weighted by Gasteiger charge is -2.01. The Balaban J connectivity index is 1.95. The molecule has 4 heteroatoms. The Labute approximate surface area is 119 Å². The summed E-state index contributed by atoms with van der Waals surface area (Å²) in [5.74, 6) is 0.684. The Kier molecular flexibility index (Phi) is 4.93. The van der Waals surface area contributed by atoms with Gasteiger partial charge in [0.2, 0.25) is 5.91 Å². The fourth-order valence-electron chi connectivity index (χ4n) is 1.88. The Bertz CT molecular complexity index is 558. The molecule has 0 aliphatic heterocycles. The Hall–Kier alpha value is -2.10. The first kappa shape index (κ1) is 14.3. The maximum atomic E-state index is 11.7. The molecule has 106 valence electrons. The number of amides is 1. The zero-order chi connectivity index (χ0) is 14.4. The lowest BCUT2D eigenvalue weighted by atomic mass is 10.1. The minimum Gasteiger partial charge on any atom is -0.356 e. The van der Waals surface area contributed by atoms with Gasteiger partial charge in [0.05, 0.1) is 12.1 Å². The maximum absolute atomic E-state index is 11.7. The van der Waals surface area contributed by atoms with Crippen LogP contribution in [0.5, 0.6) is 0 Å². The van der Waals surface area contributed by atoms with E-state index in [1.165, 1.54) is 5.56 Å². The van der Waals surface area contributed by atoms with E-state index in [9.17, 15) is 4.79 Å². The van der Waals surface area contributed by atoms with Gasteiger partial charge in [0.1, 0.15) is 0 Å². The molecule has 4 nitrogen and oxygen atoms in total. The number of benzene rings is 1. The van der Waals surface area contributed by atoms with Crippen LogP contribution in [0.3, 0.4) is 0 Å². The highest BCUT2D eigenvalue weighted by atomic mass is 16.5. The second kappa shape index (κ2) is 6.89. The number of hydrogen-bond acceptors (Lipinski definition) is 3. The van der Waals surface area contributed by atoms with Gasteiger partial charge in [-0.1, -0.05) is 48.3 Å². The van der Waals surface area contributed by atoms with Crippen molar-refractivity contribution >= 4 is 5.91 Å². The van der Waals surface area contributed by atoms with Crippen molar-refractivity contribution in [3.8, 4) is 11.3 Å². The van der Waals surface area contributed by atoms with Crippen LogP contribution in [0.25, 0.3) is 11.3 Å². The van der Waals surface area contributed by atoms with Gasteiger partial charge in [-0.2, -0.15) is 0 Å². The number of aryl methyl sites for hydroxylation is 1. The van der Waals surface area contributed by atoms with Crippen molar-refractivity contribution in [3.05, 3.63) is 41.6 Å². The molecule has 0 unspecified atom stereocenters. The molecule has 0 fully saturated rings. The number of unbranched alkanes of at least 4 members (excludes halogenated alkanes) is 1. The molecule has 1 aromatic heterocycles. The summed E-state index contributed by atoms with van der Waals surface area (Å²) in [6.07, 6.45) is 2.33. The van der Waals surface area contributed by atoms with Crippen LogP contribution < -0.4 is 5.32 Å². The summed E-state index contributed by atoms with van der Waals surface area (Å²) < 4.78 is 5.29. The van der Waals surface area contributed by atoms with Crippen LogP contribution in [-0.4, -0.2) is 17.6 Å². The van der Waals surface area contributed by atoms with Gasteiger partial charge in [-0.15, -0.1) is 0 Å². The fraction of sp³-hybridized carbons (Fsp3) is 0.375. The number of carbonyl (C=O) groups is 1. The average Bonchev–Trinajstić information content (AvgIpc) is 2.88. The lowest BCUT2D eigenvalue weighted by molar-refractivity contribution is -0.120. The molecular weight excluding hydrogens is 252 g/mol. The molecule has 20 heavy (non-hydrogen) atoms. The molecule has 1 amide bonds. The zero-order valence-electron chi connectivity index (χ0n) is 12.0. The van der Waals surface area contributed by atoms with Crippen LogP contribution >= 0.6 is 0 Å². The molecule has 2 aromatic rings. The molecule has 1 N–H and O–H groups in total. The number of aromatic nitrogens is 1. The number of nitrogens with one attached hydrogen (secondary N) is 1. The van der Waals surface area contributed by atoms with Gasteiger partial charge in [-0.25, -0.2) is 0 Å². The second-order valence-electron chi connectivity index (χ2n) is 4.93. The first-order valence-electron chi connectivity index (χ1n) is 6.98. The van der Waals surface area contributed by atoms with Crippen LogP contribution in [0.4, 0.5) is 0 Å². The Morgan fingerprint density at radius 3 is 2.75 bits per heavy atom. The van der Waals surface area contributed by atoms with Crippen molar-refractivity contribution < 1.29 is 9.32 Å². The molecule has 0 radical (unpaired) electrons. The smallest absolute Gasteiger partial charge is 0.226 e. The normalized spacial score (nSPS) is 10.5. The third-order valence-corrected chi connectivity index (χ3v) is 3.09. The minimum absolute atomic E-state index is 0.0118. The van der Waals surface area contributed by atoms with E-state index in [1.807, 2.05) is 37.3 Å². The van der Waals surface area contributed by atoms with E-state index in [4.69, 9.17) is 4.52 Å². The highest BCUT2D eigenvalue weighted by Crippen LogP contribution is 2.20. The maximum Gasteiger partial charge on any atom is 0.226 e. The summed E-state index contributed by atoms with van der Waals surface area (Å²) in [5.41, 5.74) is 2.83. The molecule has 0 aliphatic rings. The predicted molar refractivity (Wildman–Crippen MR) is 78.3 cm³/mol. The third kappa shape index (κ3) is 3.95. The first-order chi connectivity index (χ1) is 9.69. The van der Waals surface area contributed by atoms with Crippen molar-refractivity contribution in [3.63, 3.8) is 0 Å². The van der Waals surface area contributed by atoms with Crippen molar-refractivity contribution in [1.82, 2.24) is 10.5 Å². The van der Waals surface area contributed by atoms with Crippen molar-refractivity contribution in [2.45, 2.75) is 33.1 Å². The number of nitrogens with zero attached hydrogens (tertiary/aromatic N) is 1. The molecule has 2 rings (SSSR count). The van der Waals surface area contributed by atoms with Gasteiger partial charge >= 0.3 is 0 Å². The van der Waals surface area contributed by atoms with E-state index in [1.54, 1.807) is 0 Å². The van der Waals surface area contributed by atoms with Crippen molar-refractivity contribution in [2.75, 3.05) is 6.54 Å². The molecule has 0 aliphatic carbocycles. The van der Waals surface area contributed by atoms with Gasteiger partial charge < -0.3 is 9.84 Å². The number of hydrogen-bond donors (Lipinski definition) is 1. The standard InChI is InChI=1S/C16H20N2O2/c1-3-4-9-17-16(19)11-14-10-15(20-18-14)13-7-5-12(2)6-8-13/h5-8,10H,3-4,9,11H2,1-2H3,(H,17,19). The van der Waals surface area contributed by atoms with Gasteiger partial charge in [0, 0.05) is 18.2 Å². The summed E-state index contributed by atoms with van der Waals surface area (Å²) in [7, 11) is 0. The molecule has 0 atom stereocenters. The Morgan fingerprint density at radius 2 is 2.05 bits per heavy atom. The highest BCUT2D eigenvalue weighted by molar-refractivity contribution is 5.78. The van der Waals surface area contributed by atoms with Crippen LogP contribution in [0.15, 0.2) is 34.9 Å². The van der Waals surface area contributed by atoms with Crippen LogP contribution in [0, 0.1) is 6.92 Å². The van der Waals surface area contributed by atoms with E-state index < -0.39 is 0 Å². The molecule has 0 saturated carbocycles. The minimum atomic E-state index is -0.0118. The monoisotopic (exact) mass is 272 g/mol. The van der Waals surface area contributed by atoms with Crippen LogP contribution in [-0.2, 0) is 11.2 Å². The van der Waals surface area contributed by atoms with E-state index in [0.717, 1.165) is 24.9 Å². The van der Waals surface area contributed by atoms with Gasteiger partial charge in [0.25, 0.3) is 0 Å². The summed E-state index contributed by atoms with van der Waals surface area (Å²) in [5, 5.41) is 6.82. The predicted octanol–water partition coefficient (Wildman–Crippen LogP) is 3.11. The van der Waals surface area contributed by atoms with E-state index in [0.29, 0.717) is 11.5 Å². The van der Waals surface area contributed by atoms with Gasteiger partial charge in [-0.3, -0.25) is 4.79 Å². The fourth-order valence-corrected chi connectivity index (χ4v) is 1.88. The van der Waals surface area contributed by atoms with Gasteiger partial charge in [-0.05, 0) is 13.3 Å². The molecule has 0 saturated heterocycles. The summed E-state index contributed by atoms with van der Waals surface area (Å²) >= 11 is 0. The largest absolute Gasteiger partial charge is 0.356 e. The molecule has 0 bridgehead atoms. The van der Waals surface area contributed by atoms with E-state index >= 15 is 0 Å². The Morgan fingerprint density at radius 1 is 1.30 bits per heavy atom. The molecule has 1 aromatic carbocycles. The lowest BCUT2D eigenvalue weighted by Crippen LogP contribution is -2.26. The number of carbonyl (C=O) groups excluding carboxylic acids is 1. The van der Waals surface area contributed by atoms with E-state index in [2.05, 4.69) is 17.4 Å². The van der Waals surface area contributed by atoms with E-state index in [-0.39, 0.29) is 12.3 Å². The van der Waals surface area contributed by atoms with Crippen LogP contribution in [0.1, 0.15) is 31.0 Å². The first-order valence-corrected chi connectivity index (χ1v) is 6.98. The SMILES string of the molecule is CCCCNC(=O)Cc1cc(-c2ccc(C)cc2)on1. The van der Waals surface area contributed by atoms with Crippen molar-refractivity contribution in [1.29, 1.82) is 0 Å². The second-order valence-corrected chi connectivity index (χ2v) is 4.93. The number of rotatable bonds is 6. The zero-order valence-corrected chi connectivity index (χ0v) is 12.0.